The predicted molar refractivity (Wildman–Crippen MR) is 136 cm³/mol. The summed E-state index contributed by atoms with van der Waals surface area (Å²) < 4.78 is 27.4. The third-order valence-corrected chi connectivity index (χ3v) is 6.80. The van der Waals surface area contributed by atoms with Gasteiger partial charge in [-0.3, -0.25) is 4.79 Å². The van der Waals surface area contributed by atoms with E-state index in [1.165, 1.54) is 36.6 Å². The van der Waals surface area contributed by atoms with E-state index in [4.69, 9.17) is 0 Å². The number of benzene rings is 2. The largest absolute Gasteiger partial charge is 0.390 e. The molecule has 2 atom stereocenters. The van der Waals surface area contributed by atoms with Crippen LogP contribution < -0.4 is 10.6 Å². The van der Waals surface area contributed by atoms with E-state index in [1.807, 2.05) is 0 Å². The minimum atomic E-state index is -0.929. The van der Waals surface area contributed by atoms with Crippen LogP contribution in [0.3, 0.4) is 0 Å². The van der Waals surface area contributed by atoms with Gasteiger partial charge in [0.05, 0.1) is 12.1 Å². The molecule has 3 rings (SSSR count). The van der Waals surface area contributed by atoms with Crippen molar-refractivity contribution >= 4 is 5.91 Å². The molecule has 0 saturated heterocycles. The van der Waals surface area contributed by atoms with Gasteiger partial charge in [0, 0.05) is 25.1 Å². The zero-order chi connectivity index (χ0) is 25.6. The lowest BCUT2D eigenvalue weighted by molar-refractivity contribution is -0.120. The Morgan fingerprint density at radius 3 is 2.29 bits per heavy atom. The summed E-state index contributed by atoms with van der Waals surface area (Å²) in [5, 5.41) is 17.5. The first kappa shape index (κ1) is 27.3. The van der Waals surface area contributed by atoms with Crippen LogP contribution in [0.1, 0.15) is 76.5 Å². The maximum Gasteiger partial charge on any atom is 0.217 e. The summed E-state index contributed by atoms with van der Waals surface area (Å²) in [5.74, 6) is -1.65. The number of nitrogens with one attached hydrogen (secondary N) is 2. The highest BCUT2D eigenvalue weighted by molar-refractivity contribution is 5.73. The van der Waals surface area contributed by atoms with Gasteiger partial charge in [0.2, 0.25) is 5.91 Å². The molecule has 0 spiro atoms. The summed E-state index contributed by atoms with van der Waals surface area (Å²) in [6, 6.07) is 11.4. The van der Waals surface area contributed by atoms with E-state index in [9.17, 15) is 18.7 Å². The summed E-state index contributed by atoms with van der Waals surface area (Å²) in [4.78, 5) is 11.8. The van der Waals surface area contributed by atoms with Crippen molar-refractivity contribution in [2.75, 3.05) is 6.54 Å². The lowest BCUT2D eigenvalue weighted by atomic mass is 9.75. The van der Waals surface area contributed by atoms with Gasteiger partial charge >= 0.3 is 0 Å². The smallest absolute Gasteiger partial charge is 0.217 e. The van der Waals surface area contributed by atoms with E-state index in [2.05, 4.69) is 55.7 Å². The van der Waals surface area contributed by atoms with Crippen LogP contribution in [0.25, 0.3) is 0 Å². The molecule has 2 aromatic carbocycles. The number of halogens is 2. The predicted octanol–water partition coefficient (Wildman–Crippen LogP) is 5.41. The first-order valence-corrected chi connectivity index (χ1v) is 12.7. The monoisotopic (exact) mass is 486 g/mol. The molecule has 3 N–H and O–H groups in total. The highest BCUT2D eigenvalue weighted by atomic mass is 19.1. The third kappa shape index (κ3) is 8.11. The van der Waals surface area contributed by atoms with E-state index < -0.39 is 23.8 Å². The van der Waals surface area contributed by atoms with Gasteiger partial charge in [0.1, 0.15) is 11.6 Å². The number of amides is 1. The highest BCUT2D eigenvalue weighted by Crippen LogP contribution is 2.38. The van der Waals surface area contributed by atoms with Crippen molar-refractivity contribution in [2.45, 2.75) is 90.3 Å². The van der Waals surface area contributed by atoms with Gasteiger partial charge in [-0.15, -0.1) is 0 Å². The summed E-state index contributed by atoms with van der Waals surface area (Å²) in [6.07, 6.45) is 5.51. The van der Waals surface area contributed by atoms with Gasteiger partial charge in [-0.25, -0.2) is 8.78 Å². The molecule has 1 fully saturated rings. The van der Waals surface area contributed by atoms with Crippen LogP contribution in [0.4, 0.5) is 8.78 Å². The first-order chi connectivity index (χ1) is 16.5. The lowest BCUT2D eigenvalue weighted by Crippen LogP contribution is -2.53. The number of carbonyl (C=O) groups is 1. The number of hydrogen-bond donors (Lipinski definition) is 3. The van der Waals surface area contributed by atoms with Gasteiger partial charge in [-0.1, -0.05) is 64.3 Å². The molecule has 35 heavy (non-hydrogen) atoms. The van der Waals surface area contributed by atoms with E-state index in [-0.39, 0.29) is 29.8 Å². The van der Waals surface area contributed by atoms with Gasteiger partial charge in [0.15, 0.2) is 0 Å². The van der Waals surface area contributed by atoms with Gasteiger partial charge in [0.25, 0.3) is 0 Å². The molecule has 2 unspecified atom stereocenters. The minimum Gasteiger partial charge on any atom is -0.390 e. The molecule has 1 aliphatic carbocycles. The molecule has 0 aromatic heterocycles. The molecule has 4 nitrogen and oxygen atoms in total. The third-order valence-electron chi connectivity index (χ3n) is 6.80. The van der Waals surface area contributed by atoms with Gasteiger partial charge in [-0.2, -0.15) is 0 Å². The zero-order valence-corrected chi connectivity index (χ0v) is 21.5. The second-order valence-electron chi connectivity index (χ2n) is 11.3. The second kappa shape index (κ2) is 11.6. The summed E-state index contributed by atoms with van der Waals surface area (Å²) in [6.45, 7) is 8.33. The number of rotatable bonds is 9. The topological polar surface area (TPSA) is 61.4 Å². The van der Waals surface area contributed by atoms with Gasteiger partial charge < -0.3 is 15.7 Å². The minimum absolute atomic E-state index is 0.130. The lowest BCUT2D eigenvalue weighted by Gasteiger charge is -2.40. The molecule has 0 bridgehead atoms. The van der Waals surface area contributed by atoms with Crippen molar-refractivity contribution in [3.05, 3.63) is 70.8 Å². The molecule has 6 heteroatoms. The molecule has 0 heterocycles. The Balaban J connectivity index is 1.79. The molecular weight excluding hydrogens is 446 g/mol. The number of aliphatic hydroxyl groups excluding tert-OH is 1. The average molecular weight is 487 g/mol. The van der Waals surface area contributed by atoms with Crippen molar-refractivity contribution < 1.29 is 18.7 Å². The van der Waals surface area contributed by atoms with E-state index >= 15 is 0 Å². The number of hydrogen-bond acceptors (Lipinski definition) is 3. The fourth-order valence-corrected chi connectivity index (χ4v) is 5.28. The van der Waals surface area contributed by atoms with Crippen molar-refractivity contribution in [3.63, 3.8) is 0 Å². The van der Waals surface area contributed by atoms with Crippen molar-refractivity contribution in [2.24, 2.45) is 5.41 Å². The van der Waals surface area contributed by atoms with Crippen molar-refractivity contribution in [3.8, 4) is 0 Å². The molecular formula is C29H40F2N2O2. The molecule has 0 radical (unpaired) electrons. The Morgan fingerprint density at radius 2 is 1.69 bits per heavy atom. The molecule has 2 aromatic rings. The molecule has 1 aliphatic rings. The fourth-order valence-electron chi connectivity index (χ4n) is 5.28. The highest BCUT2D eigenvalue weighted by Gasteiger charge is 2.35. The van der Waals surface area contributed by atoms with Crippen molar-refractivity contribution in [1.82, 2.24) is 10.6 Å². The van der Waals surface area contributed by atoms with Crippen LogP contribution in [-0.2, 0) is 23.2 Å². The van der Waals surface area contributed by atoms with E-state index in [0.717, 1.165) is 38.2 Å². The number of carbonyl (C=O) groups excluding carboxylic acids is 1. The maximum atomic E-state index is 13.7. The van der Waals surface area contributed by atoms with Crippen LogP contribution in [0.15, 0.2) is 42.5 Å². The van der Waals surface area contributed by atoms with Crippen LogP contribution in [0.5, 0.6) is 0 Å². The van der Waals surface area contributed by atoms with Gasteiger partial charge in [-0.05, 0) is 59.9 Å². The molecule has 1 amide bonds. The summed E-state index contributed by atoms with van der Waals surface area (Å²) in [5.41, 5.74) is 2.85. The molecule has 192 valence electrons. The maximum absolute atomic E-state index is 13.7. The Morgan fingerprint density at radius 1 is 1.03 bits per heavy atom. The Hall–Kier alpha value is -2.31. The van der Waals surface area contributed by atoms with E-state index in [0.29, 0.717) is 5.56 Å². The quantitative estimate of drug-likeness (QED) is 0.444. The fraction of sp³-hybridized carbons (Fsp3) is 0.552. The molecule has 0 aliphatic heterocycles. The van der Waals surface area contributed by atoms with Crippen LogP contribution in [0.2, 0.25) is 0 Å². The summed E-state index contributed by atoms with van der Waals surface area (Å²) in [7, 11) is 0. The second-order valence-corrected chi connectivity index (χ2v) is 11.3. The van der Waals surface area contributed by atoms with E-state index in [1.54, 1.807) is 0 Å². The average Bonchev–Trinajstić information content (AvgIpc) is 2.76. The van der Waals surface area contributed by atoms with Crippen LogP contribution in [-0.4, -0.2) is 29.7 Å². The van der Waals surface area contributed by atoms with Crippen LogP contribution >= 0.6 is 0 Å². The summed E-state index contributed by atoms with van der Waals surface area (Å²) >= 11 is 0. The Labute approximate surface area is 208 Å². The number of aliphatic hydroxyl groups is 1. The Bertz CT molecular complexity index is 976. The van der Waals surface area contributed by atoms with Crippen molar-refractivity contribution in [1.29, 1.82) is 0 Å². The SMILES string of the molecule is CC(=O)NC(Cc1cc(F)cc(F)c1)C(O)CNC1(c2cccc(CC(C)(C)C)c2)CCCCC1. The first-order valence-electron chi connectivity index (χ1n) is 12.7. The normalized spacial score (nSPS) is 17.6. The molecule has 1 saturated carbocycles. The van der Waals surface area contributed by atoms with Crippen LogP contribution in [0, 0.1) is 17.0 Å². The standard InChI is InChI=1S/C29H40F2N2O2/c1-20(34)33-26(16-22-14-24(30)17-25(31)15-22)27(35)19-32-29(11-6-5-7-12-29)23-10-8-9-21(13-23)18-28(2,3)4/h8-10,13-15,17,26-27,32,35H,5-7,11-12,16,18-19H2,1-4H3,(H,33,34). The zero-order valence-electron chi connectivity index (χ0n) is 21.5. The Kier molecular flexibility index (Phi) is 9.05.